The Morgan fingerprint density at radius 1 is 1.09 bits per heavy atom. The molecule has 0 unspecified atom stereocenters. The number of imide groups is 1. The van der Waals surface area contributed by atoms with Crippen LogP contribution in [0.3, 0.4) is 0 Å². The molecule has 3 aromatic rings. The first-order valence-corrected chi connectivity index (χ1v) is 10.5. The predicted octanol–water partition coefficient (Wildman–Crippen LogP) is 2.53. The third kappa shape index (κ3) is 3.19. The number of benzene rings is 2. The van der Waals surface area contributed by atoms with Crippen molar-refractivity contribution in [3.63, 3.8) is 0 Å². The molecule has 1 saturated heterocycles. The second kappa shape index (κ2) is 7.26. The monoisotopic (exact) mass is 447 g/mol. The lowest BCUT2D eigenvalue weighted by Crippen LogP contribution is -2.52. The second-order valence-corrected chi connectivity index (χ2v) is 8.52. The van der Waals surface area contributed by atoms with E-state index in [0.717, 1.165) is 22.5 Å². The summed E-state index contributed by atoms with van der Waals surface area (Å²) < 4.78 is 15.5. The topological polar surface area (TPSA) is 96.3 Å². The average Bonchev–Trinajstić information content (AvgIpc) is 3.33. The summed E-state index contributed by atoms with van der Waals surface area (Å²) in [6.07, 6.45) is 0. The number of rotatable bonds is 4. The molecule has 2 N–H and O–H groups in total. The molecule has 0 spiro atoms. The number of fused-ring (bicyclic) bond motifs is 1. The van der Waals surface area contributed by atoms with Gasteiger partial charge in [-0.2, -0.15) is 5.10 Å². The Hall–Kier alpha value is -4.01. The lowest BCUT2D eigenvalue weighted by atomic mass is 9.88. The van der Waals surface area contributed by atoms with Crippen molar-refractivity contribution in [2.75, 3.05) is 6.54 Å². The summed E-state index contributed by atoms with van der Waals surface area (Å²) >= 11 is 0. The molecule has 0 bridgehead atoms. The Morgan fingerprint density at radius 3 is 2.42 bits per heavy atom. The van der Waals surface area contributed by atoms with Gasteiger partial charge >= 0.3 is 6.03 Å². The first-order valence-electron chi connectivity index (χ1n) is 10.5. The molecule has 0 radical (unpaired) electrons. The number of amides is 4. The molecule has 8 nitrogen and oxygen atoms in total. The molecule has 1 atom stereocenters. The predicted molar refractivity (Wildman–Crippen MR) is 118 cm³/mol. The summed E-state index contributed by atoms with van der Waals surface area (Å²) in [6.45, 7) is 4.06. The maximum absolute atomic E-state index is 13.7. The average molecular weight is 447 g/mol. The fourth-order valence-electron chi connectivity index (χ4n) is 4.76. The minimum absolute atomic E-state index is 0.0794. The van der Waals surface area contributed by atoms with Crippen molar-refractivity contribution in [2.24, 2.45) is 7.05 Å². The van der Waals surface area contributed by atoms with Gasteiger partial charge in [-0.05, 0) is 42.7 Å². The van der Waals surface area contributed by atoms with Crippen LogP contribution in [0, 0.1) is 19.7 Å². The number of hydrogen-bond acceptors (Lipinski definition) is 4. The maximum Gasteiger partial charge on any atom is 0.322 e. The SMILES string of the molecule is Cc1nn(C)c(C)c1-c1ccc([C@]2(CN3Cc4ccc(F)cc4C3=O)NC(=O)NC2=O)cc1. The molecular weight excluding hydrogens is 425 g/mol. The molecule has 1 aromatic heterocycles. The fourth-order valence-corrected chi connectivity index (χ4v) is 4.76. The van der Waals surface area contributed by atoms with Crippen LogP contribution in [-0.2, 0) is 23.9 Å². The zero-order valence-corrected chi connectivity index (χ0v) is 18.4. The highest BCUT2D eigenvalue weighted by atomic mass is 19.1. The van der Waals surface area contributed by atoms with Gasteiger partial charge in [0.2, 0.25) is 0 Å². The lowest BCUT2D eigenvalue weighted by Gasteiger charge is -2.31. The van der Waals surface area contributed by atoms with Crippen LogP contribution < -0.4 is 10.6 Å². The van der Waals surface area contributed by atoms with Crippen LogP contribution in [0.1, 0.15) is 32.9 Å². The van der Waals surface area contributed by atoms with Crippen LogP contribution in [0.25, 0.3) is 11.1 Å². The van der Waals surface area contributed by atoms with E-state index in [4.69, 9.17) is 0 Å². The Balaban J connectivity index is 1.51. The number of nitrogens with zero attached hydrogens (tertiary/aromatic N) is 3. The van der Waals surface area contributed by atoms with Crippen molar-refractivity contribution >= 4 is 17.8 Å². The number of carbonyl (C=O) groups excluding carboxylic acids is 3. The van der Waals surface area contributed by atoms with E-state index >= 15 is 0 Å². The summed E-state index contributed by atoms with van der Waals surface area (Å²) in [5.41, 5.74) is 3.87. The van der Waals surface area contributed by atoms with E-state index in [1.807, 2.05) is 37.7 Å². The third-order valence-corrected chi connectivity index (χ3v) is 6.50. The molecule has 2 aliphatic heterocycles. The quantitative estimate of drug-likeness (QED) is 0.601. The molecule has 168 valence electrons. The molecule has 1 fully saturated rings. The van der Waals surface area contributed by atoms with Gasteiger partial charge in [0.1, 0.15) is 5.82 Å². The molecule has 5 rings (SSSR count). The molecule has 0 saturated carbocycles. The number of aryl methyl sites for hydroxylation is 2. The number of urea groups is 1. The van der Waals surface area contributed by atoms with Crippen molar-refractivity contribution < 1.29 is 18.8 Å². The zero-order chi connectivity index (χ0) is 23.5. The third-order valence-electron chi connectivity index (χ3n) is 6.50. The molecule has 2 aromatic carbocycles. The molecule has 0 aliphatic carbocycles. The second-order valence-electron chi connectivity index (χ2n) is 8.52. The molecular formula is C24H22FN5O3. The van der Waals surface area contributed by atoms with E-state index in [1.54, 1.807) is 18.2 Å². The number of aromatic nitrogens is 2. The van der Waals surface area contributed by atoms with Crippen LogP contribution in [-0.4, -0.2) is 39.1 Å². The standard InChI is InChI=1S/C24H22FN5O3/c1-13-20(14(2)29(3)28-13)15-4-7-17(8-5-15)24(22(32)26-23(33)27-24)12-30-11-16-6-9-18(25)10-19(16)21(30)31/h4-10H,11-12H2,1-3H3,(H2,26,27,32,33)/t24-/m0/s1. The van der Waals surface area contributed by atoms with Gasteiger partial charge in [0, 0.05) is 30.4 Å². The summed E-state index contributed by atoms with van der Waals surface area (Å²) in [5, 5.41) is 9.46. The van der Waals surface area contributed by atoms with E-state index in [-0.39, 0.29) is 24.6 Å². The normalized spacial score (nSPS) is 19.6. The van der Waals surface area contributed by atoms with Crippen LogP contribution in [0.5, 0.6) is 0 Å². The number of hydrogen-bond donors (Lipinski definition) is 2. The van der Waals surface area contributed by atoms with Gasteiger partial charge in [0.25, 0.3) is 11.8 Å². The van der Waals surface area contributed by atoms with E-state index in [1.165, 1.54) is 17.0 Å². The Labute approximate surface area is 189 Å². The first-order chi connectivity index (χ1) is 15.7. The van der Waals surface area contributed by atoms with Crippen LogP contribution in [0.15, 0.2) is 42.5 Å². The summed E-state index contributed by atoms with van der Waals surface area (Å²) in [7, 11) is 1.88. The Morgan fingerprint density at radius 2 is 1.82 bits per heavy atom. The molecule has 33 heavy (non-hydrogen) atoms. The van der Waals surface area contributed by atoms with E-state index in [0.29, 0.717) is 11.1 Å². The van der Waals surface area contributed by atoms with Crippen molar-refractivity contribution in [2.45, 2.75) is 25.9 Å². The maximum atomic E-state index is 13.7. The van der Waals surface area contributed by atoms with Gasteiger partial charge in [-0.15, -0.1) is 0 Å². The van der Waals surface area contributed by atoms with E-state index in [9.17, 15) is 18.8 Å². The Bertz CT molecular complexity index is 1330. The number of halogens is 1. The van der Waals surface area contributed by atoms with Gasteiger partial charge in [-0.25, -0.2) is 9.18 Å². The molecule has 2 aliphatic rings. The van der Waals surface area contributed by atoms with Crippen molar-refractivity contribution in [3.8, 4) is 11.1 Å². The lowest BCUT2D eigenvalue weighted by molar-refractivity contribution is -0.124. The van der Waals surface area contributed by atoms with Crippen LogP contribution in [0.4, 0.5) is 9.18 Å². The van der Waals surface area contributed by atoms with Gasteiger partial charge in [0.05, 0.1) is 12.2 Å². The summed E-state index contributed by atoms with van der Waals surface area (Å²) in [5.74, 6) is -1.41. The van der Waals surface area contributed by atoms with E-state index in [2.05, 4.69) is 15.7 Å². The minimum atomic E-state index is -1.45. The summed E-state index contributed by atoms with van der Waals surface area (Å²) in [6, 6.07) is 10.7. The zero-order valence-electron chi connectivity index (χ0n) is 18.4. The highest BCUT2D eigenvalue weighted by Gasteiger charge is 2.50. The van der Waals surface area contributed by atoms with Crippen LogP contribution in [0.2, 0.25) is 0 Å². The fraction of sp³-hybridized carbons (Fsp3) is 0.250. The van der Waals surface area contributed by atoms with Gasteiger partial charge in [-0.3, -0.25) is 19.6 Å². The minimum Gasteiger partial charge on any atom is -0.331 e. The van der Waals surface area contributed by atoms with Gasteiger partial charge < -0.3 is 10.2 Å². The molecule has 9 heteroatoms. The summed E-state index contributed by atoms with van der Waals surface area (Å²) in [4.78, 5) is 39.5. The first kappa shape index (κ1) is 20.9. The van der Waals surface area contributed by atoms with Crippen molar-refractivity contribution in [1.29, 1.82) is 0 Å². The Kier molecular flexibility index (Phi) is 4.59. The van der Waals surface area contributed by atoms with Gasteiger partial charge in [0.15, 0.2) is 5.54 Å². The van der Waals surface area contributed by atoms with Crippen LogP contribution >= 0.6 is 0 Å². The highest BCUT2D eigenvalue weighted by Crippen LogP contribution is 2.33. The van der Waals surface area contributed by atoms with Crippen molar-refractivity contribution in [3.05, 3.63) is 76.4 Å². The van der Waals surface area contributed by atoms with Gasteiger partial charge in [-0.1, -0.05) is 30.3 Å². The highest BCUT2D eigenvalue weighted by molar-refractivity contribution is 6.08. The number of nitrogens with one attached hydrogen (secondary N) is 2. The largest absolute Gasteiger partial charge is 0.331 e. The number of carbonyl (C=O) groups is 3. The molecule has 3 heterocycles. The smallest absolute Gasteiger partial charge is 0.322 e. The van der Waals surface area contributed by atoms with E-state index < -0.39 is 23.3 Å². The van der Waals surface area contributed by atoms with Crippen molar-refractivity contribution in [1.82, 2.24) is 25.3 Å². The molecule has 4 amide bonds.